The molecule has 0 atom stereocenters. The van der Waals surface area contributed by atoms with Gasteiger partial charge in [-0.1, -0.05) is 20.8 Å². The van der Waals surface area contributed by atoms with Gasteiger partial charge in [0, 0.05) is 20.1 Å². The highest BCUT2D eigenvalue weighted by molar-refractivity contribution is 9.10. The van der Waals surface area contributed by atoms with Crippen molar-refractivity contribution in [2.45, 2.75) is 40.7 Å². The van der Waals surface area contributed by atoms with E-state index in [1.54, 1.807) is 0 Å². The zero-order valence-electron chi connectivity index (χ0n) is 12.8. The van der Waals surface area contributed by atoms with E-state index >= 15 is 0 Å². The van der Waals surface area contributed by atoms with E-state index in [0.29, 0.717) is 6.54 Å². The third-order valence-corrected chi connectivity index (χ3v) is 4.41. The van der Waals surface area contributed by atoms with Crippen molar-refractivity contribution in [1.29, 1.82) is 0 Å². The Morgan fingerprint density at radius 3 is 2.47 bits per heavy atom. The summed E-state index contributed by atoms with van der Waals surface area (Å²) in [5.41, 5.74) is 8.29. The summed E-state index contributed by atoms with van der Waals surface area (Å²) in [7, 11) is 2.01. The lowest BCUT2D eigenvalue weighted by Gasteiger charge is -2.31. The molecule has 0 spiro atoms. The molecule has 4 nitrogen and oxygen atoms in total. The minimum Gasteiger partial charge on any atom is -0.330 e. The van der Waals surface area contributed by atoms with Crippen molar-refractivity contribution in [2.75, 3.05) is 19.6 Å². The fourth-order valence-corrected chi connectivity index (χ4v) is 2.73. The van der Waals surface area contributed by atoms with E-state index in [1.807, 2.05) is 18.7 Å². The van der Waals surface area contributed by atoms with E-state index in [9.17, 15) is 0 Å². The van der Waals surface area contributed by atoms with Crippen LogP contribution in [-0.2, 0) is 13.6 Å². The van der Waals surface area contributed by atoms with Gasteiger partial charge < -0.3 is 5.73 Å². The second-order valence-electron chi connectivity index (χ2n) is 6.05. The molecule has 0 unspecified atom stereocenters. The molecule has 0 amide bonds. The number of aryl methyl sites for hydroxylation is 2. The SMILES string of the molecule is CCCN(Cc1c(Br)c(C)nn1C)CC(C)(C)CN. The molecule has 0 aliphatic rings. The highest BCUT2D eigenvalue weighted by Gasteiger charge is 2.22. The van der Waals surface area contributed by atoms with Gasteiger partial charge in [-0.2, -0.15) is 5.10 Å². The van der Waals surface area contributed by atoms with Crippen LogP contribution in [0.15, 0.2) is 4.47 Å². The Morgan fingerprint density at radius 1 is 1.42 bits per heavy atom. The second-order valence-corrected chi connectivity index (χ2v) is 6.84. The van der Waals surface area contributed by atoms with Crippen LogP contribution in [0.5, 0.6) is 0 Å². The molecule has 19 heavy (non-hydrogen) atoms. The first-order valence-corrected chi connectivity index (χ1v) is 7.70. The molecule has 0 saturated carbocycles. The standard InChI is InChI=1S/C14H27BrN4/c1-6-7-19(10-14(3,4)9-16)8-12-13(15)11(2)17-18(12)5/h6-10,16H2,1-5H3. The van der Waals surface area contributed by atoms with Crippen molar-refractivity contribution in [3.8, 4) is 0 Å². The van der Waals surface area contributed by atoms with Gasteiger partial charge in [-0.05, 0) is 47.8 Å². The Kier molecular flexibility index (Phi) is 6.02. The summed E-state index contributed by atoms with van der Waals surface area (Å²) in [5, 5.41) is 4.46. The van der Waals surface area contributed by atoms with E-state index < -0.39 is 0 Å². The lowest BCUT2D eigenvalue weighted by atomic mass is 9.93. The van der Waals surface area contributed by atoms with Gasteiger partial charge in [0.15, 0.2) is 0 Å². The number of hydrogen-bond donors (Lipinski definition) is 1. The van der Waals surface area contributed by atoms with Crippen LogP contribution in [0.25, 0.3) is 0 Å². The largest absolute Gasteiger partial charge is 0.330 e. The maximum atomic E-state index is 5.85. The molecule has 0 bridgehead atoms. The van der Waals surface area contributed by atoms with Crippen LogP contribution in [-0.4, -0.2) is 34.3 Å². The minimum atomic E-state index is 0.148. The Morgan fingerprint density at radius 2 is 2.05 bits per heavy atom. The maximum absolute atomic E-state index is 5.85. The number of hydrogen-bond acceptors (Lipinski definition) is 3. The summed E-state index contributed by atoms with van der Waals surface area (Å²) < 4.78 is 3.10. The first kappa shape index (κ1) is 16.7. The average molecular weight is 331 g/mol. The summed E-state index contributed by atoms with van der Waals surface area (Å²) in [4.78, 5) is 2.47. The third kappa shape index (κ3) is 4.58. The van der Waals surface area contributed by atoms with Gasteiger partial charge >= 0.3 is 0 Å². The fourth-order valence-electron chi connectivity index (χ4n) is 2.26. The highest BCUT2D eigenvalue weighted by Crippen LogP contribution is 2.23. The number of rotatable bonds is 7. The van der Waals surface area contributed by atoms with E-state index in [0.717, 1.165) is 36.2 Å². The van der Waals surface area contributed by atoms with Gasteiger partial charge in [0.2, 0.25) is 0 Å². The van der Waals surface area contributed by atoms with Crippen molar-refractivity contribution in [3.63, 3.8) is 0 Å². The maximum Gasteiger partial charge on any atom is 0.0739 e. The number of nitrogens with two attached hydrogens (primary N) is 1. The fraction of sp³-hybridized carbons (Fsp3) is 0.786. The number of halogens is 1. The van der Waals surface area contributed by atoms with Crippen LogP contribution in [0.1, 0.15) is 38.6 Å². The first-order valence-electron chi connectivity index (χ1n) is 6.91. The summed E-state index contributed by atoms with van der Waals surface area (Å²) in [6.07, 6.45) is 1.15. The quantitative estimate of drug-likeness (QED) is 0.836. The smallest absolute Gasteiger partial charge is 0.0739 e. The Balaban J connectivity index is 2.83. The molecule has 1 heterocycles. The predicted molar refractivity (Wildman–Crippen MR) is 84.0 cm³/mol. The number of nitrogens with zero attached hydrogens (tertiary/aromatic N) is 3. The lowest BCUT2D eigenvalue weighted by molar-refractivity contribution is 0.172. The molecule has 0 saturated heterocycles. The average Bonchev–Trinajstić information content (AvgIpc) is 2.56. The Hall–Kier alpha value is -0.390. The third-order valence-electron chi connectivity index (χ3n) is 3.38. The van der Waals surface area contributed by atoms with Crippen LogP contribution in [0.4, 0.5) is 0 Å². The topological polar surface area (TPSA) is 47.1 Å². The van der Waals surface area contributed by atoms with Crippen molar-refractivity contribution in [2.24, 2.45) is 18.2 Å². The molecule has 110 valence electrons. The van der Waals surface area contributed by atoms with Crippen molar-refractivity contribution < 1.29 is 0 Å². The predicted octanol–water partition coefficient (Wildman–Crippen LogP) is 2.69. The van der Waals surface area contributed by atoms with Crippen LogP contribution >= 0.6 is 15.9 Å². The van der Waals surface area contributed by atoms with Crippen LogP contribution in [0, 0.1) is 12.3 Å². The molecule has 2 N–H and O–H groups in total. The first-order chi connectivity index (χ1) is 8.80. The molecule has 5 heteroatoms. The molecule has 0 radical (unpaired) electrons. The summed E-state index contributed by atoms with van der Waals surface area (Å²) in [6.45, 7) is 12.4. The Bertz CT molecular complexity index is 412. The highest BCUT2D eigenvalue weighted by atomic mass is 79.9. The van der Waals surface area contributed by atoms with Crippen LogP contribution in [0.3, 0.4) is 0 Å². The van der Waals surface area contributed by atoms with Crippen molar-refractivity contribution in [1.82, 2.24) is 14.7 Å². The lowest BCUT2D eigenvalue weighted by Crippen LogP contribution is -2.39. The van der Waals surface area contributed by atoms with Gasteiger partial charge in [-0.25, -0.2) is 0 Å². The molecule has 0 aliphatic carbocycles. The summed E-state index contributed by atoms with van der Waals surface area (Å²) in [5.74, 6) is 0. The zero-order valence-corrected chi connectivity index (χ0v) is 14.4. The van der Waals surface area contributed by atoms with Gasteiger partial charge in [-0.3, -0.25) is 9.58 Å². The van der Waals surface area contributed by atoms with Crippen LogP contribution in [0.2, 0.25) is 0 Å². The molecule has 1 aromatic rings. The second kappa shape index (κ2) is 6.86. The molecule has 0 fully saturated rings. The normalized spacial score (nSPS) is 12.4. The van der Waals surface area contributed by atoms with Gasteiger partial charge in [0.25, 0.3) is 0 Å². The van der Waals surface area contributed by atoms with Crippen molar-refractivity contribution >= 4 is 15.9 Å². The molecule has 0 aliphatic heterocycles. The van der Waals surface area contributed by atoms with Gasteiger partial charge in [0.1, 0.15) is 0 Å². The van der Waals surface area contributed by atoms with E-state index in [4.69, 9.17) is 5.73 Å². The van der Waals surface area contributed by atoms with E-state index in [2.05, 4.69) is 46.7 Å². The monoisotopic (exact) mass is 330 g/mol. The zero-order chi connectivity index (χ0) is 14.6. The summed E-state index contributed by atoms with van der Waals surface area (Å²) >= 11 is 3.64. The Labute approximate surface area is 125 Å². The van der Waals surface area contributed by atoms with E-state index in [1.165, 1.54) is 5.69 Å². The minimum absolute atomic E-state index is 0.148. The van der Waals surface area contributed by atoms with Gasteiger partial charge in [0.05, 0.1) is 15.9 Å². The molecular weight excluding hydrogens is 304 g/mol. The molecule has 1 aromatic heterocycles. The van der Waals surface area contributed by atoms with Crippen molar-refractivity contribution in [3.05, 3.63) is 15.9 Å². The molecule has 0 aromatic carbocycles. The summed E-state index contributed by atoms with van der Waals surface area (Å²) in [6, 6.07) is 0. The van der Waals surface area contributed by atoms with E-state index in [-0.39, 0.29) is 5.41 Å². The molecule has 1 rings (SSSR count). The van der Waals surface area contributed by atoms with Gasteiger partial charge in [-0.15, -0.1) is 0 Å². The molecular formula is C14H27BrN4. The van der Waals surface area contributed by atoms with Crippen LogP contribution < -0.4 is 5.73 Å². The number of aromatic nitrogens is 2.